The van der Waals surface area contributed by atoms with Crippen molar-refractivity contribution in [1.82, 2.24) is 0 Å². The molecular weight excluding hydrogens is 131 g/mol. The van der Waals surface area contributed by atoms with Crippen LogP contribution in [-0.4, -0.2) is 0 Å². The van der Waals surface area contributed by atoms with Gasteiger partial charge in [0, 0.05) is 0 Å². The summed E-state index contributed by atoms with van der Waals surface area (Å²) in [6.07, 6.45) is 0. The van der Waals surface area contributed by atoms with Gasteiger partial charge in [-0.2, -0.15) is 4.94 Å². The summed E-state index contributed by atoms with van der Waals surface area (Å²) in [6.45, 7) is 2.00. The highest BCUT2D eigenvalue weighted by molar-refractivity contribution is 5.21. The average molecular weight is 140 g/mol. The van der Waals surface area contributed by atoms with Crippen molar-refractivity contribution in [2.45, 2.75) is 13.5 Å². The monoisotopic (exact) mass is 140 g/mol. The van der Waals surface area contributed by atoms with Crippen molar-refractivity contribution < 1.29 is 9.47 Å². The van der Waals surface area contributed by atoms with Crippen LogP contribution in [-0.2, 0) is 11.5 Å². The molecule has 0 saturated heterocycles. The summed E-state index contributed by atoms with van der Waals surface area (Å²) in [4.78, 5) is 3.48. The van der Waals surface area contributed by atoms with E-state index in [2.05, 4.69) is 4.94 Å². The molecule has 0 amide bonds. The van der Waals surface area contributed by atoms with Crippen molar-refractivity contribution in [2.24, 2.45) is 0 Å². The smallest absolute Gasteiger partial charge is 0.113 e. The highest BCUT2D eigenvalue weighted by Gasteiger charge is 1.91. The molecule has 10 heavy (non-hydrogen) atoms. The van der Waals surface area contributed by atoms with Crippen LogP contribution in [0.5, 0.6) is 0 Å². The molecule has 0 bridgehead atoms. The fourth-order valence-electron chi connectivity index (χ4n) is 0.865. The van der Waals surface area contributed by atoms with Crippen LogP contribution < -0.4 is 0 Å². The molecule has 1 aromatic rings. The predicted octanol–water partition coefficient (Wildman–Crippen LogP) is 2.40. The van der Waals surface area contributed by atoms with Crippen molar-refractivity contribution in [1.29, 1.82) is 0 Å². The molecule has 0 fully saturated rings. The Hall–Kier alpha value is -0.890. The molecule has 2 heteroatoms. The Balaban J connectivity index is 2.75. The Morgan fingerprint density at radius 2 is 2.30 bits per heavy atom. The summed E-state index contributed by atoms with van der Waals surface area (Å²) < 4.78 is 11.3. The van der Waals surface area contributed by atoms with Crippen LogP contribution in [0.4, 0.5) is 4.53 Å². The number of rotatable bonds is 2. The van der Waals surface area contributed by atoms with Gasteiger partial charge in [-0.3, -0.25) is 0 Å². The van der Waals surface area contributed by atoms with Gasteiger partial charge in [-0.05, 0) is 17.0 Å². The van der Waals surface area contributed by atoms with Crippen molar-refractivity contribution >= 4 is 0 Å². The lowest BCUT2D eigenvalue weighted by Crippen LogP contribution is -1.84. The van der Waals surface area contributed by atoms with E-state index in [1.165, 1.54) is 0 Å². The quantitative estimate of drug-likeness (QED) is 0.612. The van der Waals surface area contributed by atoms with Gasteiger partial charge in [0.15, 0.2) is 0 Å². The molecule has 1 aromatic carbocycles. The average Bonchev–Trinajstić information content (AvgIpc) is 1.88. The lowest BCUT2D eigenvalue weighted by molar-refractivity contribution is -0.144. The number of hydrogen-bond donors (Lipinski definition) is 0. The van der Waals surface area contributed by atoms with Crippen LogP contribution in [0.25, 0.3) is 0 Å². The first kappa shape index (κ1) is 7.22. The van der Waals surface area contributed by atoms with Crippen molar-refractivity contribution in [3.05, 3.63) is 35.4 Å². The Kier molecular flexibility index (Phi) is 2.40. The highest BCUT2D eigenvalue weighted by atomic mass is 19.3. The molecule has 1 rings (SSSR count). The zero-order valence-corrected chi connectivity index (χ0v) is 5.80. The van der Waals surface area contributed by atoms with Gasteiger partial charge in [0.2, 0.25) is 0 Å². The first-order chi connectivity index (χ1) is 4.83. The lowest BCUT2D eigenvalue weighted by atomic mass is 10.1. The highest BCUT2D eigenvalue weighted by Crippen LogP contribution is 2.04. The van der Waals surface area contributed by atoms with E-state index in [0.717, 1.165) is 11.1 Å². The third-order valence-corrected chi connectivity index (χ3v) is 1.30. The molecule has 0 spiro atoms. The lowest BCUT2D eigenvalue weighted by Gasteiger charge is -1.96. The summed E-state index contributed by atoms with van der Waals surface area (Å²) in [5.41, 5.74) is 1.98. The maximum Gasteiger partial charge on any atom is 0.113 e. The molecule has 0 aliphatic heterocycles. The van der Waals surface area contributed by atoms with Gasteiger partial charge in [0.1, 0.15) is 6.61 Å². The van der Waals surface area contributed by atoms with Gasteiger partial charge in [-0.25, -0.2) is 0 Å². The van der Waals surface area contributed by atoms with Gasteiger partial charge in [0.25, 0.3) is 0 Å². The first-order valence-electron chi connectivity index (χ1n) is 3.12. The van der Waals surface area contributed by atoms with E-state index in [9.17, 15) is 4.53 Å². The van der Waals surface area contributed by atoms with E-state index >= 15 is 0 Å². The molecule has 54 valence electrons. The number of benzene rings is 1. The third-order valence-electron chi connectivity index (χ3n) is 1.30. The Morgan fingerprint density at radius 1 is 1.50 bits per heavy atom. The summed E-state index contributed by atoms with van der Waals surface area (Å²) in [7, 11) is 0. The molecule has 0 aromatic heterocycles. The van der Waals surface area contributed by atoms with Gasteiger partial charge < -0.3 is 0 Å². The van der Waals surface area contributed by atoms with Crippen LogP contribution in [0, 0.1) is 6.92 Å². The molecule has 0 heterocycles. The number of hydrogen-bond acceptors (Lipinski definition) is 1. The van der Waals surface area contributed by atoms with E-state index in [4.69, 9.17) is 0 Å². The Labute approximate surface area is 59.3 Å². The zero-order valence-electron chi connectivity index (χ0n) is 5.80. The van der Waals surface area contributed by atoms with E-state index in [0.29, 0.717) is 0 Å². The SMILES string of the molecule is Cc1cccc(COF)c1. The second-order valence-electron chi connectivity index (χ2n) is 2.24. The summed E-state index contributed by atoms with van der Waals surface area (Å²) in [5.74, 6) is 0. The van der Waals surface area contributed by atoms with Crippen LogP contribution in [0.1, 0.15) is 11.1 Å². The van der Waals surface area contributed by atoms with Crippen molar-refractivity contribution in [3.8, 4) is 0 Å². The Bertz CT molecular complexity index is 210. The molecule has 1 nitrogen and oxygen atoms in total. The minimum atomic E-state index is 0.0433. The van der Waals surface area contributed by atoms with Crippen LogP contribution >= 0.6 is 0 Å². The van der Waals surface area contributed by atoms with E-state index in [1.54, 1.807) is 0 Å². The zero-order chi connectivity index (χ0) is 7.40. The van der Waals surface area contributed by atoms with E-state index in [1.807, 2.05) is 31.2 Å². The fourth-order valence-corrected chi connectivity index (χ4v) is 0.865. The summed E-state index contributed by atoms with van der Waals surface area (Å²) >= 11 is 0. The fraction of sp³-hybridized carbons (Fsp3) is 0.250. The molecule has 0 aliphatic rings. The van der Waals surface area contributed by atoms with Gasteiger partial charge in [-0.15, -0.1) is 0 Å². The van der Waals surface area contributed by atoms with Crippen molar-refractivity contribution in [2.75, 3.05) is 0 Å². The molecular formula is C8H9FO. The van der Waals surface area contributed by atoms with E-state index < -0.39 is 0 Å². The second-order valence-corrected chi connectivity index (χ2v) is 2.24. The van der Waals surface area contributed by atoms with Crippen molar-refractivity contribution in [3.63, 3.8) is 0 Å². The molecule has 0 unspecified atom stereocenters. The normalized spacial score (nSPS) is 9.80. The van der Waals surface area contributed by atoms with E-state index in [-0.39, 0.29) is 6.61 Å². The minimum absolute atomic E-state index is 0.0433. The molecule has 0 radical (unpaired) electrons. The minimum Gasteiger partial charge on any atom is -0.189 e. The van der Waals surface area contributed by atoms with Gasteiger partial charge >= 0.3 is 0 Å². The largest absolute Gasteiger partial charge is 0.189 e. The maximum atomic E-state index is 11.3. The molecule has 0 N–H and O–H groups in total. The predicted molar refractivity (Wildman–Crippen MR) is 37.1 cm³/mol. The van der Waals surface area contributed by atoms with Crippen LogP contribution in [0.15, 0.2) is 24.3 Å². The topological polar surface area (TPSA) is 9.23 Å². The van der Waals surface area contributed by atoms with Gasteiger partial charge in [0.05, 0.1) is 0 Å². The number of aryl methyl sites for hydroxylation is 1. The first-order valence-corrected chi connectivity index (χ1v) is 3.12. The molecule has 0 aliphatic carbocycles. The maximum absolute atomic E-state index is 11.3. The third kappa shape index (κ3) is 1.81. The molecule has 0 atom stereocenters. The van der Waals surface area contributed by atoms with Crippen LogP contribution in [0.2, 0.25) is 0 Å². The second kappa shape index (κ2) is 3.32. The Morgan fingerprint density at radius 3 is 2.90 bits per heavy atom. The summed E-state index contributed by atoms with van der Waals surface area (Å²) in [6, 6.07) is 7.55. The number of halogens is 1. The van der Waals surface area contributed by atoms with Crippen LogP contribution in [0.3, 0.4) is 0 Å². The standard InChI is InChI=1S/C8H9FO/c1-7-3-2-4-8(5-7)6-10-9/h2-5H,6H2,1H3. The molecule has 0 saturated carbocycles. The summed E-state index contributed by atoms with van der Waals surface area (Å²) in [5, 5.41) is 0. The van der Waals surface area contributed by atoms with Gasteiger partial charge in [-0.1, -0.05) is 29.8 Å².